The summed E-state index contributed by atoms with van der Waals surface area (Å²) >= 11 is 5.82. The number of aliphatic hydroxyl groups is 1. The zero-order chi connectivity index (χ0) is 83.4. The number of fused-ring (bicyclic) bond motifs is 11. The molecule has 7 aromatic rings. The molecule has 0 radical (unpaired) electrons. The zero-order valence-corrected chi connectivity index (χ0v) is 69.6. The number of carbonyl (C=O) groups excluding carboxylic acids is 6. The van der Waals surface area contributed by atoms with Crippen LogP contribution in [0.3, 0.4) is 0 Å². The minimum absolute atomic E-state index is 0.00115. The number of aromatic nitrogens is 2. The average molecular weight is 1660 g/mol. The molecule has 6 saturated heterocycles. The van der Waals surface area contributed by atoms with E-state index in [0.29, 0.717) is 62.3 Å². The van der Waals surface area contributed by atoms with Crippen LogP contribution in [0.5, 0.6) is 23.0 Å². The Hall–Kier alpha value is -8.93. The number of primary sulfonamides is 1. The van der Waals surface area contributed by atoms with E-state index in [1.807, 2.05) is 75.2 Å². The van der Waals surface area contributed by atoms with Gasteiger partial charge in [0, 0.05) is 115 Å². The van der Waals surface area contributed by atoms with Gasteiger partial charge in [-0.15, -0.1) is 0 Å². The Morgan fingerprint density at radius 3 is 2.16 bits per heavy atom. The number of hydrogen-bond donors (Lipinski definition) is 7. The van der Waals surface area contributed by atoms with E-state index < -0.39 is 85.7 Å². The van der Waals surface area contributed by atoms with Gasteiger partial charge in [-0.2, -0.15) is 8.42 Å². The number of hydrazine groups is 1. The summed E-state index contributed by atoms with van der Waals surface area (Å²) < 4.78 is 94.4. The molecule has 16 rings (SSSR count). The maximum Gasteiger partial charge on any atom is 0.338 e. The Morgan fingerprint density at radius 1 is 0.810 bits per heavy atom. The Labute approximate surface area is 680 Å². The number of carbonyl (C=O) groups is 6. The topological polar surface area (TPSA) is 383 Å². The van der Waals surface area contributed by atoms with Crippen molar-refractivity contribution in [1.29, 1.82) is 0 Å². The number of nitrogens with one attached hydrogen (secondary N) is 4. The van der Waals surface area contributed by atoms with Crippen LogP contribution in [-0.2, 0) is 77.5 Å². The predicted octanol–water partition coefficient (Wildman–Crippen LogP) is 8.29. The van der Waals surface area contributed by atoms with Crippen molar-refractivity contribution in [2.45, 2.75) is 169 Å². The Kier molecular flexibility index (Phi) is 25.0. The van der Waals surface area contributed by atoms with Gasteiger partial charge < -0.3 is 63.3 Å². The highest BCUT2D eigenvalue weighted by atomic mass is 35.5. The molecule has 15 atom stereocenters. The highest BCUT2D eigenvalue weighted by molar-refractivity contribution is 7.89. The fourth-order valence-electron chi connectivity index (χ4n) is 19.4. The summed E-state index contributed by atoms with van der Waals surface area (Å²) in [5, 5.41) is 24.8. The number of likely N-dealkylation sites (N-methyl/N-ethyl adjacent to an activating group) is 1. The van der Waals surface area contributed by atoms with E-state index in [0.717, 1.165) is 74.0 Å². The minimum Gasteiger partial charge on any atom is -0.497 e. The molecule has 4 amide bonds. The van der Waals surface area contributed by atoms with E-state index in [-0.39, 0.29) is 93.1 Å². The van der Waals surface area contributed by atoms with Crippen molar-refractivity contribution in [3.63, 3.8) is 0 Å². The average Bonchev–Trinajstić information content (AvgIpc) is 1.53. The number of piperazine rings is 1. The maximum absolute atomic E-state index is 14.6. The minimum atomic E-state index is -3.97. The summed E-state index contributed by atoms with van der Waals surface area (Å²) in [6.45, 7) is 10.5. The van der Waals surface area contributed by atoms with Crippen molar-refractivity contribution in [3.05, 3.63) is 147 Å². The van der Waals surface area contributed by atoms with Crippen molar-refractivity contribution in [2.75, 3.05) is 82.1 Å². The molecule has 7 aliphatic heterocycles. The molecule has 7 fully saturated rings. The third-order valence-electron chi connectivity index (χ3n) is 24.9. The van der Waals surface area contributed by atoms with Gasteiger partial charge in [0.15, 0.2) is 11.5 Å². The molecule has 30 nitrogen and oxygen atoms in total. The number of halogens is 1. The van der Waals surface area contributed by atoms with Crippen LogP contribution in [0.15, 0.2) is 108 Å². The van der Waals surface area contributed by atoms with Crippen molar-refractivity contribution in [1.82, 2.24) is 45.3 Å². The smallest absolute Gasteiger partial charge is 0.338 e. The van der Waals surface area contributed by atoms with Crippen LogP contribution in [-0.4, -0.2) is 233 Å². The molecule has 0 spiro atoms. The summed E-state index contributed by atoms with van der Waals surface area (Å²) in [5.74, 6) is -3.74. The number of rotatable bonds is 16. The van der Waals surface area contributed by atoms with Gasteiger partial charge in [0.2, 0.25) is 33.3 Å². The van der Waals surface area contributed by atoms with Crippen LogP contribution < -0.4 is 34.8 Å². The second-order valence-corrected chi connectivity index (χ2v) is 35.5. The highest BCUT2D eigenvalue weighted by Crippen LogP contribution is 2.53. The number of sulfonamides is 1. The number of ether oxygens (including phenoxy) is 8. The number of nitrogens with two attached hydrogens (primary N) is 1. The van der Waals surface area contributed by atoms with Crippen molar-refractivity contribution < 1.29 is 93.2 Å². The Balaban J connectivity index is 0.000000155. The molecule has 8 N–H and O–H groups in total. The summed E-state index contributed by atoms with van der Waals surface area (Å²) in [7, 11) is 3.54. The molecule has 1 saturated carbocycles. The van der Waals surface area contributed by atoms with Crippen LogP contribution in [0.1, 0.15) is 140 Å². The molecule has 9 aliphatic rings. The Morgan fingerprint density at radius 2 is 1.52 bits per heavy atom. The van der Waals surface area contributed by atoms with Gasteiger partial charge >= 0.3 is 11.9 Å². The first-order valence-corrected chi connectivity index (χ1v) is 43.0. The Bertz CT molecular complexity index is 5070. The summed E-state index contributed by atoms with van der Waals surface area (Å²) in [5.41, 5.74) is 9.63. The van der Waals surface area contributed by atoms with E-state index in [2.05, 4.69) is 68.0 Å². The molecular weight excluding hydrogens is 1560 g/mol. The lowest BCUT2D eigenvalue weighted by Gasteiger charge is -2.52. The van der Waals surface area contributed by atoms with Gasteiger partial charge in [-0.3, -0.25) is 48.5 Å². The van der Waals surface area contributed by atoms with Crippen LogP contribution >= 0.6 is 11.6 Å². The van der Waals surface area contributed by atoms with Gasteiger partial charge in [-0.1, -0.05) is 74.3 Å². The van der Waals surface area contributed by atoms with Gasteiger partial charge in [-0.25, -0.2) is 23.4 Å². The molecule has 0 unspecified atom stereocenters. The predicted molar refractivity (Wildman–Crippen MR) is 430 cm³/mol. The molecular formula is C83H105ClN10O20S2. The third-order valence-corrected chi connectivity index (χ3v) is 26.3. The van der Waals surface area contributed by atoms with E-state index in [9.17, 15) is 50.7 Å². The first-order valence-electron chi connectivity index (χ1n) is 39.3. The number of nitrogens with zero attached hydrogens (tertiary/aromatic N) is 5. The lowest BCUT2D eigenvalue weighted by Crippen LogP contribution is -2.71. The second kappa shape index (κ2) is 34.2. The van der Waals surface area contributed by atoms with E-state index in [1.54, 1.807) is 31.3 Å². The number of hydrogen-bond acceptors (Lipinski definition) is 22. The van der Waals surface area contributed by atoms with E-state index in [4.69, 9.17) is 59.2 Å². The number of amides is 4. The van der Waals surface area contributed by atoms with Crippen LogP contribution in [0, 0.1) is 29.6 Å². The molecule has 9 heterocycles. The molecule has 2 aromatic heterocycles. The van der Waals surface area contributed by atoms with Crippen molar-refractivity contribution >= 4 is 89.1 Å². The summed E-state index contributed by atoms with van der Waals surface area (Å²) in [6, 6.07) is 28.4. The first kappa shape index (κ1) is 85.0. The number of methoxy groups -OCH3 is 6. The van der Waals surface area contributed by atoms with Gasteiger partial charge in [-0.05, 0) is 161 Å². The molecule has 0 bridgehead atoms. The quantitative estimate of drug-likeness (QED) is 0.0353. The van der Waals surface area contributed by atoms with Crippen molar-refractivity contribution in [2.24, 2.45) is 34.7 Å². The standard InChI is InChI=1S/C35H41N5O5.C33H40N2O9.C14H20ClN3O3S.CH4O3S/c1-20(2)34(37-31(41)23-16-25-24-11-7-12-26-30(24)22(18-36-26)17-27(25)38(3)19-23)33(43)40-28(15-21-9-5-4-6-10-21)32(42)39-14-8-13-29(39)35(40,44)45-34;1-38-19-7-8-20-21-9-10-35-16-18-13-27(44-32(36)17-11-25(39-2)30(41-4)26(12-17)40-3)31(42-5)28(33(37)43-6)22(18)15-24(35)29(21)34-23(20)14-19;1-9-4-3-5-10(2)18(9)17-14(19)11-6-7-12(15)13(8-11)22(16,20)21;1-5(2,3)4/h4-7,9-12,18,20,23,25,27-29,36,44H,8,13-17,19H2,1-3H3,(H,37,41);7-8,11-12,14,18,22,24,27-28,31,34H,9-10,13,15-16H2,1-6H3;6-10H,3-5H2,1-2H3,(H,17,19)(H2,16,20,21);1H3,(H,2,3,4)/t23-,25-,27-,28+,29+,34-,35+;18-,22+,24-,27-,28+,31+;9-,10+;/m11../s1. The molecule has 2 aliphatic carbocycles. The number of aromatic amines is 2. The fourth-order valence-corrected chi connectivity index (χ4v) is 20.5. The van der Waals surface area contributed by atoms with Gasteiger partial charge in [0.1, 0.15) is 34.9 Å². The third kappa shape index (κ3) is 16.6. The lowest BCUT2D eigenvalue weighted by molar-refractivity contribution is -0.321. The lowest BCUT2D eigenvalue weighted by atomic mass is 9.63. The molecule has 116 heavy (non-hydrogen) atoms. The first-order chi connectivity index (χ1) is 55.2. The monoisotopic (exact) mass is 1660 g/mol. The SMILES string of the molecule is CC(C)[C@@]1(NC(=O)[C@@H]2C[C@@H]3c4cccc5[nH]cc(c45)C[C@H]3N(C)C2)O[C@@]2(O)[C@@H]3CCCN3C(=O)[C@H](Cc3ccccc3)N2C1=O.COC(=O)[C@H]1[C@H]2C[C@@H]3c4[nH]c5cc(OC)ccc5c4CCN3C[C@H]2C[C@@H](OC(=O)c2cc(OC)c(OC)c(OC)c2)[C@@H]1OC.CS(=O)(=O)O.C[C@@H]1CCC[C@H](C)N1NC(=O)c1ccc(Cl)c(S(N)(=O)=O)c1. The fraction of sp³-hybridized carbons (Fsp3) is 0.518. The van der Waals surface area contributed by atoms with Crippen LogP contribution in [0.4, 0.5) is 0 Å². The normalized spacial score (nSPS) is 28.1. The van der Waals surface area contributed by atoms with E-state index >= 15 is 0 Å². The number of H-pyrrole nitrogens is 2. The zero-order valence-electron chi connectivity index (χ0n) is 67.3. The van der Waals surface area contributed by atoms with Crippen LogP contribution in [0.2, 0.25) is 5.02 Å². The summed E-state index contributed by atoms with van der Waals surface area (Å²) in [6.07, 6.45) is 9.90. The van der Waals surface area contributed by atoms with Gasteiger partial charge in [0.25, 0.3) is 27.8 Å². The largest absolute Gasteiger partial charge is 0.497 e. The highest BCUT2D eigenvalue weighted by Gasteiger charge is 2.72. The van der Waals surface area contributed by atoms with Gasteiger partial charge in [0.05, 0.1) is 70.3 Å². The molecule has 5 aromatic carbocycles. The number of esters is 2. The molecule has 33 heteroatoms. The van der Waals surface area contributed by atoms with Crippen LogP contribution in [0.25, 0.3) is 21.8 Å². The van der Waals surface area contributed by atoms with Crippen molar-refractivity contribution in [3.8, 4) is 23.0 Å². The number of likely N-dealkylation sites (tertiary alicyclic amines) is 1. The maximum atomic E-state index is 14.6. The molecule has 626 valence electrons. The van der Waals surface area contributed by atoms with E-state index in [1.165, 1.54) is 84.7 Å². The second-order valence-electron chi connectivity index (χ2n) is 32.1. The number of piperidine rings is 3. The summed E-state index contributed by atoms with van der Waals surface area (Å²) in [4.78, 5) is 96.7. The number of benzene rings is 5.